The number of carboxylic acids is 1. The third-order valence-corrected chi connectivity index (χ3v) is 3.13. The van der Waals surface area contributed by atoms with Gasteiger partial charge in [-0.15, -0.1) is 0 Å². The molecule has 0 aliphatic rings. The predicted octanol–water partition coefficient (Wildman–Crippen LogP) is 3.27. The standard InChI is InChI=1S/C17H13NO3/c18-11-12-5-1-2-6-13(12)14-7-3-4-8-15(14)16(19)9-10-17(20)21/h1-8H,9-10H2,(H,20,21). The van der Waals surface area contributed by atoms with Crippen molar-refractivity contribution in [3.05, 3.63) is 59.7 Å². The highest BCUT2D eigenvalue weighted by Crippen LogP contribution is 2.27. The largest absolute Gasteiger partial charge is 0.481 e. The van der Waals surface area contributed by atoms with Gasteiger partial charge in [0.15, 0.2) is 5.78 Å². The van der Waals surface area contributed by atoms with E-state index in [0.29, 0.717) is 22.3 Å². The Labute approximate surface area is 122 Å². The van der Waals surface area contributed by atoms with Crippen LogP contribution in [0.15, 0.2) is 48.5 Å². The molecule has 104 valence electrons. The van der Waals surface area contributed by atoms with Crippen molar-refractivity contribution < 1.29 is 14.7 Å². The molecule has 0 heterocycles. The summed E-state index contributed by atoms with van der Waals surface area (Å²) in [5, 5.41) is 17.9. The number of rotatable bonds is 5. The van der Waals surface area contributed by atoms with Crippen LogP contribution in [0.25, 0.3) is 11.1 Å². The molecule has 0 aliphatic heterocycles. The topological polar surface area (TPSA) is 78.2 Å². The number of aliphatic carboxylic acids is 1. The summed E-state index contributed by atoms with van der Waals surface area (Å²) in [5.74, 6) is -1.24. The molecule has 4 nitrogen and oxygen atoms in total. The molecule has 2 aromatic rings. The molecule has 4 heteroatoms. The quantitative estimate of drug-likeness (QED) is 0.852. The molecule has 2 aromatic carbocycles. The number of ketones is 1. The predicted molar refractivity (Wildman–Crippen MR) is 77.8 cm³/mol. The normalized spacial score (nSPS) is 9.86. The van der Waals surface area contributed by atoms with Crippen LogP contribution in [0.5, 0.6) is 0 Å². The second kappa shape index (κ2) is 6.49. The average Bonchev–Trinajstić information content (AvgIpc) is 2.52. The molecule has 1 N–H and O–H groups in total. The minimum atomic E-state index is -1.00. The van der Waals surface area contributed by atoms with E-state index in [4.69, 9.17) is 5.11 Å². The van der Waals surface area contributed by atoms with Gasteiger partial charge in [0.1, 0.15) is 0 Å². The summed E-state index contributed by atoms with van der Waals surface area (Å²) < 4.78 is 0. The Morgan fingerprint density at radius 2 is 1.57 bits per heavy atom. The number of carbonyl (C=O) groups excluding carboxylic acids is 1. The van der Waals surface area contributed by atoms with Crippen LogP contribution in [0, 0.1) is 11.3 Å². The Bertz CT molecular complexity index is 729. The SMILES string of the molecule is N#Cc1ccccc1-c1ccccc1C(=O)CCC(=O)O. The van der Waals surface area contributed by atoms with E-state index >= 15 is 0 Å². The van der Waals surface area contributed by atoms with Gasteiger partial charge in [-0.3, -0.25) is 9.59 Å². The summed E-state index contributed by atoms with van der Waals surface area (Å²) in [5.41, 5.74) is 2.27. The number of nitriles is 1. The molecule has 0 unspecified atom stereocenters. The van der Waals surface area contributed by atoms with Crippen LogP contribution >= 0.6 is 0 Å². The van der Waals surface area contributed by atoms with Crippen molar-refractivity contribution in [3.8, 4) is 17.2 Å². The Hall–Kier alpha value is -2.93. The van der Waals surface area contributed by atoms with E-state index in [2.05, 4.69) is 6.07 Å². The zero-order chi connectivity index (χ0) is 15.2. The van der Waals surface area contributed by atoms with Crippen LogP contribution in [0.2, 0.25) is 0 Å². The van der Waals surface area contributed by atoms with E-state index in [1.807, 2.05) is 0 Å². The van der Waals surface area contributed by atoms with Gasteiger partial charge in [-0.2, -0.15) is 5.26 Å². The molecule has 0 radical (unpaired) electrons. The maximum absolute atomic E-state index is 12.2. The first-order chi connectivity index (χ1) is 10.1. The molecule has 0 fully saturated rings. The van der Waals surface area contributed by atoms with E-state index in [0.717, 1.165) is 0 Å². The van der Waals surface area contributed by atoms with Crippen molar-refractivity contribution in [2.45, 2.75) is 12.8 Å². The lowest BCUT2D eigenvalue weighted by atomic mass is 9.93. The summed E-state index contributed by atoms with van der Waals surface area (Å²) in [6.07, 6.45) is -0.256. The van der Waals surface area contributed by atoms with Crippen LogP contribution in [0.4, 0.5) is 0 Å². The van der Waals surface area contributed by atoms with Crippen molar-refractivity contribution in [1.82, 2.24) is 0 Å². The molecule has 0 amide bonds. The first-order valence-corrected chi connectivity index (χ1v) is 6.47. The molecule has 2 rings (SSSR count). The van der Waals surface area contributed by atoms with Crippen molar-refractivity contribution in [2.75, 3.05) is 0 Å². The molecule has 0 bridgehead atoms. The third-order valence-electron chi connectivity index (χ3n) is 3.13. The molecule has 0 aromatic heterocycles. The van der Waals surface area contributed by atoms with Gasteiger partial charge in [0.25, 0.3) is 0 Å². The number of Topliss-reactive ketones (excluding diaryl/α,β-unsaturated/α-hetero) is 1. The third kappa shape index (κ3) is 3.34. The van der Waals surface area contributed by atoms with E-state index in [-0.39, 0.29) is 18.6 Å². The summed E-state index contributed by atoms with van der Waals surface area (Å²) in [4.78, 5) is 22.8. The Balaban J connectivity index is 2.44. The van der Waals surface area contributed by atoms with Gasteiger partial charge in [-0.1, -0.05) is 42.5 Å². The lowest BCUT2D eigenvalue weighted by molar-refractivity contribution is -0.136. The van der Waals surface area contributed by atoms with Crippen molar-refractivity contribution in [1.29, 1.82) is 5.26 Å². The van der Waals surface area contributed by atoms with E-state index in [1.54, 1.807) is 48.5 Å². The highest BCUT2D eigenvalue weighted by molar-refractivity contribution is 6.03. The zero-order valence-corrected chi connectivity index (χ0v) is 11.2. The first-order valence-electron chi connectivity index (χ1n) is 6.47. The summed E-state index contributed by atoms with van der Waals surface area (Å²) in [7, 11) is 0. The number of nitrogens with zero attached hydrogens (tertiary/aromatic N) is 1. The smallest absolute Gasteiger partial charge is 0.303 e. The van der Waals surface area contributed by atoms with E-state index < -0.39 is 5.97 Å². The second-order valence-electron chi connectivity index (χ2n) is 4.52. The molecule has 0 aliphatic carbocycles. The highest BCUT2D eigenvalue weighted by Gasteiger charge is 2.15. The molecule has 0 atom stereocenters. The zero-order valence-electron chi connectivity index (χ0n) is 11.2. The maximum Gasteiger partial charge on any atom is 0.303 e. The molecule has 0 spiro atoms. The summed E-state index contributed by atoms with van der Waals surface area (Å²) >= 11 is 0. The summed E-state index contributed by atoms with van der Waals surface area (Å²) in [6, 6.07) is 16.1. The first kappa shape index (κ1) is 14.5. The molecular formula is C17H13NO3. The number of hydrogen-bond acceptors (Lipinski definition) is 3. The highest BCUT2D eigenvalue weighted by atomic mass is 16.4. The fourth-order valence-electron chi connectivity index (χ4n) is 2.13. The van der Waals surface area contributed by atoms with Crippen LogP contribution in [0.1, 0.15) is 28.8 Å². The van der Waals surface area contributed by atoms with Gasteiger partial charge in [0.05, 0.1) is 18.1 Å². The monoisotopic (exact) mass is 279 g/mol. The lowest BCUT2D eigenvalue weighted by Crippen LogP contribution is -2.05. The number of hydrogen-bond donors (Lipinski definition) is 1. The number of carbonyl (C=O) groups is 2. The molecular weight excluding hydrogens is 266 g/mol. The molecule has 0 saturated carbocycles. The number of carboxylic acid groups (broad SMARTS) is 1. The lowest BCUT2D eigenvalue weighted by Gasteiger charge is -2.09. The molecule has 0 saturated heterocycles. The van der Waals surface area contributed by atoms with Gasteiger partial charge >= 0.3 is 5.97 Å². The fourth-order valence-corrected chi connectivity index (χ4v) is 2.13. The van der Waals surface area contributed by atoms with Gasteiger partial charge in [0, 0.05) is 17.5 Å². The van der Waals surface area contributed by atoms with Crippen LogP contribution in [-0.2, 0) is 4.79 Å². The van der Waals surface area contributed by atoms with Crippen molar-refractivity contribution in [2.24, 2.45) is 0 Å². The molecule has 21 heavy (non-hydrogen) atoms. The van der Waals surface area contributed by atoms with Gasteiger partial charge < -0.3 is 5.11 Å². The van der Waals surface area contributed by atoms with Gasteiger partial charge in [-0.25, -0.2) is 0 Å². The Kier molecular flexibility index (Phi) is 4.47. The van der Waals surface area contributed by atoms with Crippen LogP contribution in [-0.4, -0.2) is 16.9 Å². The van der Waals surface area contributed by atoms with Gasteiger partial charge in [-0.05, 0) is 11.6 Å². The minimum absolute atomic E-state index is 0.0545. The average molecular weight is 279 g/mol. The van der Waals surface area contributed by atoms with Crippen molar-refractivity contribution >= 4 is 11.8 Å². The number of benzene rings is 2. The minimum Gasteiger partial charge on any atom is -0.481 e. The Morgan fingerprint density at radius 3 is 2.24 bits per heavy atom. The van der Waals surface area contributed by atoms with Crippen LogP contribution < -0.4 is 0 Å². The van der Waals surface area contributed by atoms with Crippen LogP contribution in [0.3, 0.4) is 0 Å². The van der Waals surface area contributed by atoms with Crippen molar-refractivity contribution in [3.63, 3.8) is 0 Å². The second-order valence-corrected chi connectivity index (χ2v) is 4.52. The maximum atomic E-state index is 12.2. The summed E-state index contributed by atoms with van der Waals surface area (Å²) in [6.45, 7) is 0. The van der Waals surface area contributed by atoms with E-state index in [9.17, 15) is 14.9 Å². The Morgan fingerprint density at radius 1 is 0.952 bits per heavy atom. The fraction of sp³-hybridized carbons (Fsp3) is 0.118. The van der Waals surface area contributed by atoms with E-state index in [1.165, 1.54) is 0 Å². The van der Waals surface area contributed by atoms with Gasteiger partial charge in [0.2, 0.25) is 0 Å².